The minimum absolute atomic E-state index is 0.225. The molecule has 2 aromatic heterocycles. The number of aliphatic hydroxyl groups is 1. The van der Waals surface area contributed by atoms with Crippen molar-refractivity contribution in [3.63, 3.8) is 0 Å². The van der Waals surface area contributed by atoms with Crippen molar-refractivity contribution in [2.75, 3.05) is 7.11 Å². The molecule has 0 radical (unpaired) electrons. The van der Waals surface area contributed by atoms with Gasteiger partial charge in [-0.25, -0.2) is 14.6 Å². The number of rotatable bonds is 8. The highest BCUT2D eigenvalue weighted by molar-refractivity contribution is 5.88. The predicted molar refractivity (Wildman–Crippen MR) is 124 cm³/mol. The molecule has 0 aliphatic carbocycles. The van der Waals surface area contributed by atoms with E-state index < -0.39 is 34.7 Å². The number of benzene rings is 1. The molecule has 178 valence electrons. The van der Waals surface area contributed by atoms with Crippen LogP contribution in [0.25, 0.3) is 4.85 Å². The van der Waals surface area contributed by atoms with Crippen molar-refractivity contribution in [3.8, 4) is 5.75 Å². The van der Waals surface area contributed by atoms with Gasteiger partial charge in [-0.3, -0.25) is 14.0 Å². The number of carboxylic acids is 1. The Kier molecular flexibility index (Phi) is 6.88. The lowest BCUT2D eigenvalue weighted by Crippen LogP contribution is -2.29. The first kappa shape index (κ1) is 24.7. The Morgan fingerprint density at radius 1 is 1.32 bits per heavy atom. The third-order valence-corrected chi connectivity index (χ3v) is 5.55. The molecule has 0 saturated carbocycles. The number of hydrogen-bond acceptors (Lipinski definition) is 6. The van der Waals surface area contributed by atoms with E-state index in [9.17, 15) is 19.8 Å². The molecule has 34 heavy (non-hydrogen) atoms. The normalized spacial score (nSPS) is 13.2. The van der Waals surface area contributed by atoms with Crippen LogP contribution in [0.15, 0.2) is 41.5 Å². The Morgan fingerprint density at radius 2 is 2.00 bits per heavy atom. The second kappa shape index (κ2) is 9.49. The highest BCUT2D eigenvalue weighted by atomic mass is 16.5. The summed E-state index contributed by atoms with van der Waals surface area (Å²) in [5, 5.41) is 24.2. The number of methoxy groups -OCH3 is 1. The van der Waals surface area contributed by atoms with Crippen molar-refractivity contribution in [1.29, 1.82) is 0 Å². The molecule has 0 fully saturated rings. The molecule has 0 spiro atoms. The molecule has 2 N–H and O–H groups in total. The van der Waals surface area contributed by atoms with E-state index in [1.807, 2.05) is 19.1 Å². The monoisotopic (exact) mass is 465 g/mol. The van der Waals surface area contributed by atoms with Gasteiger partial charge in [0.2, 0.25) is 5.75 Å². The van der Waals surface area contributed by atoms with E-state index in [0.29, 0.717) is 11.3 Å². The minimum atomic E-state index is -1.38. The van der Waals surface area contributed by atoms with Gasteiger partial charge < -0.3 is 14.9 Å². The quantitative estimate of drug-likeness (QED) is 0.490. The molecule has 10 heteroatoms. The number of aromatic carboxylic acids is 1. The topological polar surface area (TPSA) is 124 Å². The van der Waals surface area contributed by atoms with E-state index in [2.05, 4.69) is 14.9 Å². The molecule has 3 aromatic rings. The largest absolute Gasteiger partial charge is 0.489 e. The Hall–Kier alpha value is -3.97. The Labute approximate surface area is 196 Å². The highest BCUT2D eigenvalue weighted by Gasteiger charge is 2.31. The summed E-state index contributed by atoms with van der Waals surface area (Å²) >= 11 is 0. The molecular formula is C24H27N5O5. The zero-order valence-corrected chi connectivity index (χ0v) is 19.7. The van der Waals surface area contributed by atoms with Gasteiger partial charge in [-0.05, 0) is 25.0 Å². The van der Waals surface area contributed by atoms with E-state index in [4.69, 9.17) is 11.3 Å². The number of aromatic nitrogens is 4. The van der Waals surface area contributed by atoms with Gasteiger partial charge in [0.25, 0.3) is 5.56 Å². The van der Waals surface area contributed by atoms with Crippen molar-refractivity contribution in [1.82, 2.24) is 19.3 Å². The summed E-state index contributed by atoms with van der Waals surface area (Å²) in [5.41, 5.74) is -0.235. The maximum Gasteiger partial charge on any atom is 0.358 e. The highest BCUT2D eigenvalue weighted by Crippen LogP contribution is 2.41. The van der Waals surface area contributed by atoms with E-state index in [0.717, 1.165) is 5.56 Å². The van der Waals surface area contributed by atoms with Crippen LogP contribution in [0, 0.1) is 6.57 Å². The fraction of sp³-hybridized carbons (Fsp3) is 0.375. The van der Waals surface area contributed by atoms with Gasteiger partial charge in [-0.2, -0.15) is 5.10 Å². The van der Waals surface area contributed by atoms with Gasteiger partial charge >= 0.3 is 5.97 Å². The van der Waals surface area contributed by atoms with Crippen LogP contribution in [0.3, 0.4) is 0 Å². The molecule has 2 unspecified atom stereocenters. The lowest BCUT2D eigenvalue weighted by molar-refractivity contribution is 0.0576. The SMILES string of the molecule is [C-]#[N+]c1ccccc1C(c1cnn(CC(C)(C)O)c1)C(C)c1nc(C(=O)O)c(OC)c(=O)n1C. The molecule has 0 aliphatic rings. The first-order valence-corrected chi connectivity index (χ1v) is 10.6. The molecule has 1 aromatic carbocycles. The third kappa shape index (κ3) is 4.84. The number of hydrogen-bond donors (Lipinski definition) is 2. The molecule has 0 bridgehead atoms. The summed E-state index contributed by atoms with van der Waals surface area (Å²) in [7, 11) is 2.73. The lowest BCUT2D eigenvalue weighted by Gasteiger charge is -2.26. The molecule has 0 aliphatic heterocycles. The molecule has 2 atom stereocenters. The summed E-state index contributed by atoms with van der Waals surface area (Å²) < 4.78 is 7.89. The number of para-hydroxylation sites is 1. The number of nitrogens with zero attached hydrogens (tertiary/aromatic N) is 5. The Morgan fingerprint density at radius 3 is 2.59 bits per heavy atom. The summed E-state index contributed by atoms with van der Waals surface area (Å²) in [5.74, 6) is -2.50. The Bertz CT molecular complexity index is 1310. The van der Waals surface area contributed by atoms with E-state index in [-0.39, 0.29) is 18.1 Å². The molecule has 10 nitrogen and oxygen atoms in total. The fourth-order valence-corrected chi connectivity index (χ4v) is 4.10. The van der Waals surface area contributed by atoms with Crippen LogP contribution < -0.4 is 10.3 Å². The van der Waals surface area contributed by atoms with Crippen molar-refractivity contribution in [2.45, 2.75) is 44.8 Å². The summed E-state index contributed by atoms with van der Waals surface area (Å²) in [6.07, 6.45) is 3.42. The minimum Gasteiger partial charge on any atom is -0.489 e. The molecule has 3 rings (SSSR count). The molecule has 0 saturated heterocycles. The second-order valence-corrected chi connectivity index (χ2v) is 8.74. The smallest absolute Gasteiger partial charge is 0.358 e. The Balaban J connectivity index is 2.24. The zero-order chi connectivity index (χ0) is 25.2. The first-order valence-electron chi connectivity index (χ1n) is 10.6. The van der Waals surface area contributed by atoms with Crippen LogP contribution in [0.4, 0.5) is 5.69 Å². The van der Waals surface area contributed by atoms with Crippen LogP contribution in [0.5, 0.6) is 5.75 Å². The summed E-state index contributed by atoms with van der Waals surface area (Å²) in [6, 6.07) is 7.10. The van der Waals surface area contributed by atoms with Crippen LogP contribution >= 0.6 is 0 Å². The maximum absolute atomic E-state index is 12.9. The summed E-state index contributed by atoms with van der Waals surface area (Å²) in [6.45, 7) is 13.1. The maximum atomic E-state index is 12.9. The lowest BCUT2D eigenvalue weighted by atomic mass is 9.81. The van der Waals surface area contributed by atoms with Gasteiger partial charge in [0.1, 0.15) is 5.82 Å². The number of carboxylic acid groups (broad SMARTS) is 1. The van der Waals surface area contributed by atoms with Crippen molar-refractivity contribution in [3.05, 3.63) is 81.1 Å². The first-order chi connectivity index (χ1) is 16.0. The van der Waals surface area contributed by atoms with Gasteiger partial charge in [0.05, 0.1) is 32.0 Å². The van der Waals surface area contributed by atoms with Gasteiger partial charge in [0, 0.05) is 25.1 Å². The van der Waals surface area contributed by atoms with Crippen molar-refractivity contribution >= 4 is 11.7 Å². The van der Waals surface area contributed by atoms with Gasteiger partial charge in [-0.1, -0.05) is 31.2 Å². The van der Waals surface area contributed by atoms with Crippen LogP contribution in [0.2, 0.25) is 0 Å². The number of ether oxygens (including phenoxy) is 1. The number of carbonyl (C=O) groups is 1. The van der Waals surface area contributed by atoms with Crippen LogP contribution in [-0.4, -0.2) is 48.2 Å². The van der Waals surface area contributed by atoms with Crippen LogP contribution in [0.1, 0.15) is 60.0 Å². The molecule has 0 amide bonds. The predicted octanol–water partition coefficient (Wildman–Crippen LogP) is 2.94. The van der Waals surface area contributed by atoms with Crippen molar-refractivity contribution in [2.24, 2.45) is 7.05 Å². The fourth-order valence-electron chi connectivity index (χ4n) is 4.10. The standard InChI is InChI=1S/C24H27N5O5/c1-14(21-27-19(23(31)32)20(34-6)22(30)28(21)5)18(16-9-7-8-10-17(16)25-4)15-11-26-29(12-15)13-24(2,3)33/h7-12,14,18,33H,13H2,1-3,5-6H3,(H,31,32). The van der Waals surface area contributed by atoms with E-state index in [1.165, 1.54) is 18.7 Å². The van der Waals surface area contributed by atoms with Gasteiger partial charge in [0.15, 0.2) is 11.4 Å². The van der Waals surface area contributed by atoms with E-state index in [1.54, 1.807) is 43.1 Å². The third-order valence-electron chi connectivity index (χ3n) is 5.55. The average Bonchev–Trinajstić information content (AvgIpc) is 3.21. The second-order valence-electron chi connectivity index (χ2n) is 8.74. The average molecular weight is 466 g/mol. The van der Waals surface area contributed by atoms with E-state index >= 15 is 0 Å². The van der Waals surface area contributed by atoms with Gasteiger partial charge in [-0.15, -0.1) is 0 Å². The van der Waals surface area contributed by atoms with Crippen molar-refractivity contribution < 1.29 is 19.7 Å². The van der Waals surface area contributed by atoms with Crippen LogP contribution in [-0.2, 0) is 13.6 Å². The summed E-state index contributed by atoms with van der Waals surface area (Å²) in [4.78, 5) is 32.6. The zero-order valence-electron chi connectivity index (χ0n) is 19.7. The molecule has 2 heterocycles. The molecular weight excluding hydrogens is 438 g/mol.